The van der Waals surface area contributed by atoms with Crippen molar-refractivity contribution in [1.82, 2.24) is 15.5 Å². The molecule has 5 nitrogen and oxygen atoms in total. The molecule has 170 valence electrons. The molecule has 1 heterocycles. The largest absolute Gasteiger partial charge is 0.356 e. The summed E-state index contributed by atoms with van der Waals surface area (Å²) in [6, 6.07) is 18.1. The lowest BCUT2D eigenvalue weighted by Crippen LogP contribution is -2.45. The fourth-order valence-electron chi connectivity index (χ4n) is 4.09. The van der Waals surface area contributed by atoms with Crippen molar-refractivity contribution >= 4 is 52.3 Å². The van der Waals surface area contributed by atoms with Crippen molar-refractivity contribution in [2.24, 2.45) is 10.9 Å². The Morgan fingerprint density at radius 3 is 2.68 bits per heavy atom. The van der Waals surface area contributed by atoms with Gasteiger partial charge >= 0.3 is 0 Å². The van der Waals surface area contributed by atoms with E-state index in [0.29, 0.717) is 24.3 Å². The Balaban J connectivity index is 0.00000341. The third-order valence-corrected chi connectivity index (χ3v) is 7.15. The molecular weight excluding hydrogens is 543 g/mol. The fourth-order valence-corrected chi connectivity index (χ4v) is 5.27. The van der Waals surface area contributed by atoms with Crippen molar-refractivity contribution in [1.29, 1.82) is 0 Å². The predicted molar refractivity (Wildman–Crippen MR) is 142 cm³/mol. The van der Waals surface area contributed by atoms with E-state index in [0.717, 1.165) is 35.4 Å². The standard InChI is InChI=1S/C23H31ClN4OS.HI/c1-25-23(26-13-15-30(29)21-11-4-3-5-12-21)27-17-19-9-7-14-28(2)22(19)18-8-6-10-20(24)16-18;/h3-6,8,10-12,16,19,22H,7,9,13-15,17H2,1-2H3,(H2,25,26,27);1H. The molecule has 0 bridgehead atoms. The summed E-state index contributed by atoms with van der Waals surface area (Å²) in [6.07, 6.45) is 2.34. The van der Waals surface area contributed by atoms with E-state index in [9.17, 15) is 4.21 Å². The molecule has 1 fully saturated rings. The van der Waals surface area contributed by atoms with Crippen LogP contribution in [0.3, 0.4) is 0 Å². The van der Waals surface area contributed by atoms with Crippen molar-refractivity contribution in [2.45, 2.75) is 23.8 Å². The summed E-state index contributed by atoms with van der Waals surface area (Å²) in [7, 11) is 2.94. The van der Waals surface area contributed by atoms with Gasteiger partial charge < -0.3 is 10.6 Å². The molecule has 31 heavy (non-hydrogen) atoms. The number of rotatable bonds is 7. The van der Waals surface area contributed by atoms with E-state index >= 15 is 0 Å². The SMILES string of the molecule is CN=C(NCCS(=O)c1ccccc1)NCC1CCCN(C)C1c1cccc(Cl)c1.I. The number of guanidine groups is 1. The van der Waals surface area contributed by atoms with Gasteiger partial charge in [0.15, 0.2) is 5.96 Å². The van der Waals surface area contributed by atoms with Crippen LogP contribution in [0.5, 0.6) is 0 Å². The van der Waals surface area contributed by atoms with Gasteiger partial charge in [-0.25, -0.2) is 0 Å². The van der Waals surface area contributed by atoms with E-state index in [2.05, 4.69) is 39.7 Å². The number of aliphatic imine (C=N–C) groups is 1. The molecule has 0 aliphatic carbocycles. The van der Waals surface area contributed by atoms with Crippen LogP contribution in [0, 0.1) is 5.92 Å². The molecule has 1 aliphatic heterocycles. The summed E-state index contributed by atoms with van der Waals surface area (Å²) in [6.45, 7) is 2.51. The van der Waals surface area contributed by atoms with Gasteiger partial charge in [0.25, 0.3) is 0 Å². The monoisotopic (exact) mass is 574 g/mol. The van der Waals surface area contributed by atoms with Gasteiger partial charge in [0.05, 0.1) is 10.8 Å². The third kappa shape index (κ3) is 7.73. The number of halogens is 2. The molecule has 2 aromatic carbocycles. The molecule has 3 atom stereocenters. The molecule has 2 aromatic rings. The molecule has 0 saturated carbocycles. The topological polar surface area (TPSA) is 56.7 Å². The number of hydrogen-bond acceptors (Lipinski definition) is 3. The minimum absolute atomic E-state index is 0. The zero-order valence-corrected chi connectivity index (χ0v) is 22.0. The highest BCUT2D eigenvalue weighted by molar-refractivity contribution is 14.0. The summed E-state index contributed by atoms with van der Waals surface area (Å²) in [5, 5.41) is 7.54. The lowest BCUT2D eigenvalue weighted by molar-refractivity contribution is 0.122. The third-order valence-electron chi connectivity index (χ3n) is 5.54. The number of benzene rings is 2. The van der Waals surface area contributed by atoms with Crippen LogP contribution in [0.2, 0.25) is 5.02 Å². The van der Waals surface area contributed by atoms with Crippen LogP contribution in [0.1, 0.15) is 24.4 Å². The van der Waals surface area contributed by atoms with E-state index in [1.165, 1.54) is 12.0 Å². The maximum absolute atomic E-state index is 12.4. The summed E-state index contributed by atoms with van der Waals surface area (Å²) >= 11 is 6.25. The zero-order chi connectivity index (χ0) is 21.3. The maximum Gasteiger partial charge on any atom is 0.191 e. The van der Waals surface area contributed by atoms with Gasteiger partial charge in [-0.05, 0) is 62.2 Å². The van der Waals surface area contributed by atoms with Crippen LogP contribution in [0.15, 0.2) is 64.5 Å². The van der Waals surface area contributed by atoms with E-state index < -0.39 is 10.8 Å². The molecule has 0 aromatic heterocycles. The van der Waals surface area contributed by atoms with Crippen LogP contribution >= 0.6 is 35.6 Å². The van der Waals surface area contributed by atoms with Crippen molar-refractivity contribution in [2.75, 3.05) is 39.5 Å². The van der Waals surface area contributed by atoms with E-state index in [4.69, 9.17) is 11.6 Å². The van der Waals surface area contributed by atoms with E-state index in [1.54, 1.807) is 7.05 Å². The minimum Gasteiger partial charge on any atom is -0.356 e. The van der Waals surface area contributed by atoms with Crippen molar-refractivity contribution < 1.29 is 4.21 Å². The second-order valence-corrected chi connectivity index (χ2v) is 9.63. The predicted octanol–water partition coefficient (Wildman–Crippen LogP) is 4.31. The Morgan fingerprint density at radius 2 is 1.97 bits per heavy atom. The Morgan fingerprint density at radius 1 is 1.19 bits per heavy atom. The molecule has 0 amide bonds. The van der Waals surface area contributed by atoms with Crippen LogP contribution in [-0.2, 0) is 10.8 Å². The first-order chi connectivity index (χ1) is 14.6. The average molecular weight is 575 g/mol. The summed E-state index contributed by atoms with van der Waals surface area (Å²) in [5.74, 6) is 1.75. The maximum atomic E-state index is 12.4. The van der Waals surface area contributed by atoms with Gasteiger partial charge in [-0.3, -0.25) is 14.1 Å². The quantitative estimate of drug-likeness (QED) is 0.294. The van der Waals surface area contributed by atoms with Crippen molar-refractivity contribution in [3.8, 4) is 0 Å². The van der Waals surface area contributed by atoms with Gasteiger partial charge in [-0.1, -0.05) is 41.9 Å². The second-order valence-electron chi connectivity index (χ2n) is 7.63. The zero-order valence-electron chi connectivity index (χ0n) is 18.1. The van der Waals surface area contributed by atoms with Crippen LogP contribution in [-0.4, -0.2) is 54.6 Å². The normalized spacial score (nSPS) is 20.5. The van der Waals surface area contributed by atoms with Crippen LogP contribution in [0.25, 0.3) is 0 Å². The molecule has 3 rings (SSSR count). The number of nitrogens with one attached hydrogen (secondary N) is 2. The van der Waals surface area contributed by atoms with Crippen molar-refractivity contribution in [3.63, 3.8) is 0 Å². The lowest BCUT2D eigenvalue weighted by atomic mass is 9.85. The molecule has 2 N–H and O–H groups in total. The molecule has 3 unspecified atom stereocenters. The first kappa shape index (κ1) is 26.1. The lowest BCUT2D eigenvalue weighted by Gasteiger charge is -2.40. The van der Waals surface area contributed by atoms with E-state index in [1.807, 2.05) is 42.5 Å². The first-order valence-corrected chi connectivity index (χ1v) is 12.1. The van der Waals surface area contributed by atoms with Crippen LogP contribution < -0.4 is 10.6 Å². The first-order valence-electron chi connectivity index (χ1n) is 10.4. The number of piperidine rings is 1. The fraction of sp³-hybridized carbons (Fsp3) is 0.435. The summed E-state index contributed by atoms with van der Waals surface area (Å²) in [5.41, 5.74) is 1.26. The Bertz CT molecular complexity index is 868. The highest BCUT2D eigenvalue weighted by Gasteiger charge is 2.30. The van der Waals surface area contributed by atoms with Crippen LogP contribution in [0.4, 0.5) is 0 Å². The van der Waals surface area contributed by atoms with Gasteiger partial charge in [0.1, 0.15) is 0 Å². The summed E-state index contributed by atoms with van der Waals surface area (Å²) < 4.78 is 12.4. The molecule has 1 saturated heterocycles. The van der Waals surface area contributed by atoms with Gasteiger partial charge in [-0.15, -0.1) is 24.0 Å². The average Bonchev–Trinajstić information content (AvgIpc) is 2.76. The number of likely N-dealkylation sites (tertiary alicyclic amines) is 1. The number of hydrogen-bond donors (Lipinski definition) is 2. The Hall–Kier alpha value is -1.16. The number of nitrogens with zero attached hydrogens (tertiary/aromatic N) is 2. The van der Waals surface area contributed by atoms with Gasteiger partial charge in [-0.2, -0.15) is 0 Å². The summed E-state index contributed by atoms with van der Waals surface area (Å²) in [4.78, 5) is 7.61. The second kappa shape index (κ2) is 13.4. The molecule has 1 aliphatic rings. The van der Waals surface area contributed by atoms with Gasteiger partial charge in [0, 0.05) is 41.8 Å². The van der Waals surface area contributed by atoms with E-state index in [-0.39, 0.29) is 24.0 Å². The molecule has 0 spiro atoms. The Kier molecular flexibility index (Phi) is 11.3. The van der Waals surface area contributed by atoms with Crippen molar-refractivity contribution in [3.05, 3.63) is 65.2 Å². The smallest absolute Gasteiger partial charge is 0.191 e. The molecular formula is C23H32ClIN4OS. The minimum atomic E-state index is -1.01. The Labute approximate surface area is 210 Å². The molecule has 8 heteroatoms. The molecule has 0 radical (unpaired) electrons. The highest BCUT2D eigenvalue weighted by atomic mass is 127. The van der Waals surface area contributed by atoms with Gasteiger partial charge in [0.2, 0.25) is 0 Å². The highest BCUT2D eigenvalue weighted by Crippen LogP contribution is 2.35.